The number of carbonyl (C=O) groups excluding carboxylic acids is 1. The topological polar surface area (TPSA) is 166 Å². The highest BCUT2D eigenvalue weighted by atomic mass is 16.4. The van der Waals surface area contributed by atoms with Crippen molar-refractivity contribution >= 4 is 17.8 Å². The van der Waals surface area contributed by atoms with E-state index in [1.165, 1.54) is 11.8 Å². The number of carbonyl (C=O) groups is 2. The van der Waals surface area contributed by atoms with E-state index >= 15 is 0 Å². The van der Waals surface area contributed by atoms with Crippen molar-refractivity contribution in [2.45, 2.75) is 64.3 Å². The maximum Gasteiger partial charge on any atom is 0.326 e. The molecule has 0 radical (unpaired) electrons. The third-order valence-electron chi connectivity index (χ3n) is 3.33. The summed E-state index contributed by atoms with van der Waals surface area (Å²) < 4.78 is 0. The fraction of sp³-hybridized carbons (Fsp3) is 0.786. The average molecular weight is 331 g/mol. The Labute approximate surface area is 136 Å². The quantitative estimate of drug-likeness (QED) is 0.189. The van der Waals surface area contributed by atoms with Crippen LogP contribution in [0.3, 0.4) is 0 Å². The van der Waals surface area contributed by atoms with Crippen LogP contribution < -0.4 is 16.8 Å². The zero-order valence-corrected chi connectivity index (χ0v) is 14.2. The fourth-order valence-electron chi connectivity index (χ4n) is 2.20. The molecule has 0 aliphatic heterocycles. The molecule has 0 aliphatic carbocycles. The summed E-state index contributed by atoms with van der Waals surface area (Å²) in [7, 11) is 0. The van der Waals surface area contributed by atoms with Crippen molar-refractivity contribution in [1.29, 1.82) is 5.41 Å². The molecule has 1 amide bonds. The van der Waals surface area contributed by atoms with Crippen molar-refractivity contribution in [2.24, 2.45) is 11.5 Å². The third kappa shape index (κ3) is 6.83. The molecule has 0 aromatic rings. The summed E-state index contributed by atoms with van der Waals surface area (Å²) in [4.78, 5) is 25.4. The van der Waals surface area contributed by atoms with E-state index in [9.17, 15) is 19.8 Å². The Morgan fingerprint density at radius 1 is 1.35 bits per heavy atom. The zero-order valence-electron chi connectivity index (χ0n) is 14.2. The van der Waals surface area contributed by atoms with Gasteiger partial charge in [0, 0.05) is 12.1 Å². The number of hydrogen-bond donors (Lipinski definition) is 6. The third-order valence-corrected chi connectivity index (χ3v) is 3.33. The minimum Gasteiger partial charge on any atom is -0.480 e. The van der Waals surface area contributed by atoms with Crippen LogP contribution in [-0.2, 0) is 9.59 Å². The predicted molar refractivity (Wildman–Crippen MR) is 86.8 cm³/mol. The van der Waals surface area contributed by atoms with Crippen LogP contribution in [-0.4, -0.2) is 63.2 Å². The normalized spacial score (nSPS) is 15.4. The molecule has 0 aromatic carbocycles. The zero-order chi connectivity index (χ0) is 18.4. The SMILES string of the molecule is C[C@@H](O)[C@H](N)C(=O)N([C@@H](CCCNC(=N)N)C(=O)O)C(C)(C)C. The minimum atomic E-state index is -1.19. The van der Waals surface area contributed by atoms with Gasteiger partial charge in [0.1, 0.15) is 12.1 Å². The van der Waals surface area contributed by atoms with Crippen molar-refractivity contribution in [3.63, 3.8) is 0 Å². The lowest BCUT2D eigenvalue weighted by atomic mass is 9.97. The van der Waals surface area contributed by atoms with Crippen LogP contribution in [0.1, 0.15) is 40.5 Å². The lowest BCUT2D eigenvalue weighted by molar-refractivity contribution is -0.157. The van der Waals surface area contributed by atoms with Gasteiger partial charge >= 0.3 is 5.97 Å². The van der Waals surface area contributed by atoms with Gasteiger partial charge in [0.2, 0.25) is 5.91 Å². The van der Waals surface area contributed by atoms with Crippen molar-refractivity contribution in [1.82, 2.24) is 10.2 Å². The van der Waals surface area contributed by atoms with Gasteiger partial charge in [0.15, 0.2) is 5.96 Å². The van der Waals surface area contributed by atoms with Gasteiger partial charge in [0.25, 0.3) is 0 Å². The molecular formula is C14H29N5O4. The van der Waals surface area contributed by atoms with Crippen LogP contribution in [0.5, 0.6) is 0 Å². The maximum atomic E-state index is 12.5. The average Bonchev–Trinajstić information content (AvgIpc) is 2.38. The summed E-state index contributed by atoms with van der Waals surface area (Å²) in [5.74, 6) is -1.95. The van der Waals surface area contributed by atoms with Gasteiger partial charge in [-0.2, -0.15) is 0 Å². The standard InChI is InChI=1S/C14H29N5O4/c1-8(20)10(15)11(21)19(14(2,3)4)9(12(22)23)6-5-7-18-13(16)17/h8-10,20H,5-7,15H2,1-4H3,(H,22,23)(H4,16,17,18)/t8-,9+,10+/m1/s1. The monoisotopic (exact) mass is 331 g/mol. The maximum absolute atomic E-state index is 12.5. The van der Waals surface area contributed by atoms with Gasteiger partial charge in [-0.05, 0) is 40.5 Å². The Hall–Kier alpha value is -1.87. The first-order valence-electron chi connectivity index (χ1n) is 7.47. The molecule has 3 atom stereocenters. The molecule has 23 heavy (non-hydrogen) atoms. The first-order chi connectivity index (χ1) is 10.4. The van der Waals surface area contributed by atoms with E-state index < -0.39 is 35.6 Å². The number of rotatable bonds is 8. The van der Waals surface area contributed by atoms with Crippen molar-refractivity contribution < 1.29 is 19.8 Å². The molecule has 0 aliphatic rings. The molecule has 0 saturated heterocycles. The van der Waals surface area contributed by atoms with Crippen molar-refractivity contribution in [3.8, 4) is 0 Å². The van der Waals surface area contributed by atoms with Gasteiger partial charge in [-0.25, -0.2) is 4.79 Å². The molecule has 0 unspecified atom stereocenters. The summed E-state index contributed by atoms with van der Waals surface area (Å²) in [6, 6.07) is -2.27. The lowest BCUT2D eigenvalue weighted by Crippen LogP contribution is -2.61. The van der Waals surface area contributed by atoms with E-state index in [1.54, 1.807) is 20.8 Å². The molecule has 9 heteroatoms. The van der Waals surface area contributed by atoms with E-state index in [1.807, 2.05) is 0 Å². The molecule has 0 fully saturated rings. The van der Waals surface area contributed by atoms with Gasteiger partial charge in [-0.15, -0.1) is 0 Å². The van der Waals surface area contributed by atoms with E-state index in [2.05, 4.69) is 5.32 Å². The molecule has 9 nitrogen and oxygen atoms in total. The second-order valence-electron chi connectivity index (χ2n) is 6.48. The number of carboxylic acid groups (broad SMARTS) is 1. The van der Waals surface area contributed by atoms with Gasteiger partial charge < -0.3 is 31.9 Å². The Balaban J connectivity index is 5.25. The van der Waals surface area contributed by atoms with Crippen LogP contribution in [0.4, 0.5) is 0 Å². The molecule has 0 aromatic heterocycles. The first-order valence-corrected chi connectivity index (χ1v) is 7.47. The predicted octanol–water partition coefficient (Wildman–Crippen LogP) is -0.962. The fourth-order valence-corrected chi connectivity index (χ4v) is 2.20. The number of carboxylic acids is 1. The number of amides is 1. The van der Waals surface area contributed by atoms with Crippen LogP contribution in [0, 0.1) is 5.41 Å². The largest absolute Gasteiger partial charge is 0.480 e. The molecule has 0 rings (SSSR count). The number of aliphatic carboxylic acids is 1. The van der Waals surface area contributed by atoms with E-state index in [4.69, 9.17) is 16.9 Å². The highest BCUT2D eigenvalue weighted by Crippen LogP contribution is 2.22. The smallest absolute Gasteiger partial charge is 0.326 e. The number of aliphatic hydroxyl groups excluding tert-OH is 1. The first kappa shape index (κ1) is 21.1. The second-order valence-corrected chi connectivity index (χ2v) is 6.48. The van der Waals surface area contributed by atoms with Crippen LogP contribution in [0.25, 0.3) is 0 Å². The second kappa shape index (κ2) is 8.68. The summed E-state index contributed by atoms with van der Waals surface area (Å²) in [5.41, 5.74) is 10.1. The minimum absolute atomic E-state index is 0.172. The molecule has 0 heterocycles. The van der Waals surface area contributed by atoms with Crippen molar-refractivity contribution in [3.05, 3.63) is 0 Å². The molecule has 0 bridgehead atoms. The molecule has 8 N–H and O–H groups in total. The van der Waals surface area contributed by atoms with E-state index in [0.717, 1.165) is 0 Å². The molecular weight excluding hydrogens is 302 g/mol. The molecule has 0 spiro atoms. The van der Waals surface area contributed by atoms with Crippen LogP contribution in [0.15, 0.2) is 0 Å². The number of nitrogens with zero attached hydrogens (tertiary/aromatic N) is 1. The van der Waals surface area contributed by atoms with Gasteiger partial charge in [-0.3, -0.25) is 10.2 Å². The number of guanidine groups is 1. The number of hydrogen-bond acceptors (Lipinski definition) is 5. The summed E-state index contributed by atoms with van der Waals surface area (Å²) in [5, 5.41) is 28.7. The Bertz CT molecular complexity index is 433. The molecule has 0 saturated carbocycles. The Kier molecular flexibility index (Phi) is 7.98. The lowest BCUT2D eigenvalue weighted by Gasteiger charge is -2.41. The summed E-state index contributed by atoms with van der Waals surface area (Å²) in [6.45, 7) is 6.85. The summed E-state index contributed by atoms with van der Waals surface area (Å²) in [6.07, 6.45) is -0.507. The highest BCUT2D eigenvalue weighted by Gasteiger charge is 2.39. The Morgan fingerprint density at radius 3 is 2.22 bits per heavy atom. The molecule has 134 valence electrons. The Morgan fingerprint density at radius 2 is 1.87 bits per heavy atom. The number of nitrogens with two attached hydrogens (primary N) is 2. The summed E-state index contributed by atoms with van der Waals surface area (Å²) >= 11 is 0. The number of aliphatic hydroxyl groups is 1. The van der Waals surface area contributed by atoms with E-state index in [0.29, 0.717) is 13.0 Å². The van der Waals surface area contributed by atoms with Crippen molar-refractivity contribution in [2.75, 3.05) is 6.54 Å². The van der Waals surface area contributed by atoms with Crippen LogP contribution >= 0.6 is 0 Å². The number of nitrogens with one attached hydrogen (secondary N) is 2. The highest BCUT2D eigenvalue weighted by molar-refractivity contribution is 5.88. The van der Waals surface area contributed by atoms with E-state index in [-0.39, 0.29) is 12.4 Å². The van der Waals surface area contributed by atoms with Gasteiger partial charge in [-0.1, -0.05) is 0 Å². The van der Waals surface area contributed by atoms with Crippen LogP contribution in [0.2, 0.25) is 0 Å². The van der Waals surface area contributed by atoms with Gasteiger partial charge in [0.05, 0.1) is 6.10 Å².